The standard InChI is InChI=1S/C16H20N4O2/c1-2-22-14-11-20(13-6-4-3-5-7-13)19-15(14)16(21)18-10-12-8-17-9-12/h3-7,11-12,17H,2,8-10H2,1H3,(H,18,21). The van der Waals surface area contributed by atoms with Crippen LogP contribution in [0.15, 0.2) is 36.5 Å². The lowest BCUT2D eigenvalue weighted by Crippen LogP contribution is -2.48. The van der Waals surface area contributed by atoms with Crippen molar-refractivity contribution in [2.45, 2.75) is 6.92 Å². The molecule has 6 nitrogen and oxygen atoms in total. The van der Waals surface area contributed by atoms with Crippen molar-refractivity contribution in [3.63, 3.8) is 0 Å². The first-order chi connectivity index (χ1) is 10.8. The van der Waals surface area contributed by atoms with E-state index in [4.69, 9.17) is 4.74 Å². The molecule has 1 aromatic carbocycles. The van der Waals surface area contributed by atoms with E-state index in [0.717, 1.165) is 18.8 Å². The average molecular weight is 300 g/mol. The highest BCUT2D eigenvalue weighted by molar-refractivity contribution is 5.95. The molecule has 1 aliphatic rings. The van der Waals surface area contributed by atoms with E-state index in [-0.39, 0.29) is 5.91 Å². The van der Waals surface area contributed by atoms with Crippen LogP contribution in [0.5, 0.6) is 5.75 Å². The molecule has 0 atom stereocenters. The minimum absolute atomic E-state index is 0.190. The Morgan fingerprint density at radius 3 is 2.82 bits per heavy atom. The summed E-state index contributed by atoms with van der Waals surface area (Å²) < 4.78 is 7.22. The zero-order valence-corrected chi connectivity index (χ0v) is 12.6. The molecular formula is C16H20N4O2. The predicted molar refractivity (Wildman–Crippen MR) is 83.4 cm³/mol. The zero-order valence-electron chi connectivity index (χ0n) is 12.6. The largest absolute Gasteiger partial charge is 0.490 e. The number of carbonyl (C=O) groups excluding carboxylic acids is 1. The van der Waals surface area contributed by atoms with Gasteiger partial charge in [0.1, 0.15) is 0 Å². The van der Waals surface area contributed by atoms with Gasteiger partial charge in [-0.05, 0) is 19.1 Å². The van der Waals surface area contributed by atoms with Crippen molar-refractivity contribution in [2.24, 2.45) is 5.92 Å². The summed E-state index contributed by atoms with van der Waals surface area (Å²) in [6.45, 7) is 4.96. The number of hydrogen-bond acceptors (Lipinski definition) is 4. The minimum Gasteiger partial charge on any atom is -0.490 e. The highest BCUT2D eigenvalue weighted by atomic mass is 16.5. The molecule has 1 aromatic heterocycles. The smallest absolute Gasteiger partial charge is 0.275 e. The molecule has 0 saturated carbocycles. The normalized spacial score (nSPS) is 14.4. The molecule has 2 aromatic rings. The van der Waals surface area contributed by atoms with Crippen molar-refractivity contribution in [3.8, 4) is 11.4 Å². The molecular weight excluding hydrogens is 280 g/mol. The third-order valence-electron chi connectivity index (χ3n) is 3.63. The molecule has 1 aliphatic heterocycles. The summed E-state index contributed by atoms with van der Waals surface area (Å²) in [7, 11) is 0. The molecule has 0 spiro atoms. The summed E-state index contributed by atoms with van der Waals surface area (Å²) >= 11 is 0. The number of ether oxygens (including phenoxy) is 1. The fourth-order valence-electron chi connectivity index (χ4n) is 2.30. The van der Waals surface area contributed by atoms with Crippen LogP contribution in [0.2, 0.25) is 0 Å². The van der Waals surface area contributed by atoms with Crippen LogP contribution in [0.1, 0.15) is 17.4 Å². The molecule has 0 aliphatic carbocycles. The summed E-state index contributed by atoms with van der Waals surface area (Å²) in [4.78, 5) is 12.3. The number of para-hydroxylation sites is 1. The van der Waals surface area contributed by atoms with Gasteiger partial charge in [0, 0.05) is 25.6 Å². The van der Waals surface area contributed by atoms with Gasteiger partial charge in [0.2, 0.25) is 0 Å². The van der Waals surface area contributed by atoms with E-state index < -0.39 is 0 Å². The molecule has 22 heavy (non-hydrogen) atoms. The van der Waals surface area contributed by atoms with Gasteiger partial charge in [-0.15, -0.1) is 0 Å². The molecule has 1 saturated heterocycles. The van der Waals surface area contributed by atoms with Gasteiger partial charge >= 0.3 is 0 Å². The fourth-order valence-corrected chi connectivity index (χ4v) is 2.30. The van der Waals surface area contributed by atoms with Crippen LogP contribution >= 0.6 is 0 Å². The highest BCUT2D eigenvalue weighted by Gasteiger charge is 2.22. The number of nitrogens with zero attached hydrogens (tertiary/aromatic N) is 2. The molecule has 116 valence electrons. The van der Waals surface area contributed by atoms with Crippen LogP contribution in [0.25, 0.3) is 5.69 Å². The van der Waals surface area contributed by atoms with E-state index in [0.29, 0.717) is 30.5 Å². The van der Waals surface area contributed by atoms with Gasteiger partial charge in [0.05, 0.1) is 18.5 Å². The van der Waals surface area contributed by atoms with Gasteiger partial charge in [0.15, 0.2) is 11.4 Å². The van der Waals surface area contributed by atoms with Crippen LogP contribution in [0, 0.1) is 5.92 Å². The van der Waals surface area contributed by atoms with Crippen molar-refractivity contribution in [1.29, 1.82) is 0 Å². The quantitative estimate of drug-likeness (QED) is 0.842. The van der Waals surface area contributed by atoms with E-state index in [9.17, 15) is 4.79 Å². The summed E-state index contributed by atoms with van der Waals surface area (Å²) in [5, 5.41) is 10.5. The number of aromatic nitrogens is 2. The van der Waals surface area contributed by atoms with Crippen molar-refractivity contribution in [2.75, 3.05) is 26.2 Å². The number of rotatable bonds is 6. The summed E-state index contributed by atoms with van der Waals surface area (Å²) in [5.41, 5.74) is 1.23. The second kappa shape index (κ2) is 6.62. The molecule has 2 N–H and O–H groups in total. The topological polar surface area (TPSA) is 68.2 Å². The molecule has 0 bridgehead atoms. The predicted octanol–water partition coefficient (Wildman–Crippen LogP) is 1.22. The van der Waals surface area contributed by atoms with Crippen LogP contribution in [0.3, 0.4) is 0 Å². The van der Waals surface area contributed by atoms with Crippen molar-refractivity contribution >= 4 is 5.91 Å². The molecule has 1 fully saturated rings. The Kier molecular flexibility index (Phi) is 4.39. The van der Waals surface area contributed by atoms with Crippen molar-refractivity contribution in [3.05, 3.63) is 42.2 Å². The Morgan fingerprint density at radius 1 is 1.41 bits per heavy atom. The van der Waals surface area contributed by atoms with Crippen LogP contribution in [0.4, 0.5) is 0 Å². The first-order valence-corrected chi connectivity index (χ1v) is 7.54. The lowest BCUT2D eigenvalue weighted by Gasteiger charge is -2.26. The van der Waals surface area contributed by atoms with Crippen molar-refractivity contribution in [1.82, 2.24) is 20.4 Å². The third kappa shape index (κ3) is 3.12. The van der Waals surface area contributed by atoms with Crippen LogP contribution < -0.4 is 15.4 Å². The Morgan fingerprint density at radius 2 is 2.18 bits per heavy atom. The number of hydrogen-bond donors (Lipinski definition) is 2. The van der Waals surface area contributed by atoms with Crippen molar-refractivity contribution < 1.29 is 9.53 Å². The Labute approximate surface area is 129 Å². The second-order valence-electron chi connectivity index (χ2n) is 5.29. The van der Waals surface area contributed by atoms with E-state index in [1.54, 1.807) is 10.9 Å². The highest BCUT2D eigenvalue weighted by Crippen LogP contribution is 2.20. The van der Waals surface area contributed by atoms with Gasteiger partial charge in [-0.3, -0.25) is 4.79 Å². The fraction of sp³-hybridized carbons (Fsp3) is 0.375. The molecule has 1 amide bonds. The van der Waals surface area contributed by atoms with E-state index in [2.05, 4.69) is 15.7 Å². The Hall–Kier alpha value is -2.34. The SMILES string of the molecule is CCOc1cn(-c2ccccc2)nc1C(=O)NCC1CNC1. The molecule has 6 heteroatoms. The van der Waals surface area contributed by atoms with E-state index in [1.807, 2.05) is 37.3 Å². The maximum atomic E-state index is 12.3. The van der Waals surface area contributed by atoms with Gasteiger partial charge in [0.25, 0.3) is 5.91 Å². The first-order valence-electron chi connectivity index (χ1n) is 7.54. The van der Waals surface area contributed by atoms with Gasteiger partial charge in [-0.25, -0.2) is 4.68 Å². The first kappa shape index (κ1) is 14.6. The molecule has 2 heterocycles. The third-order valence-corrected chi connectivity index (χ3v) is 3.63. The number of nitrogens with one attached hydrogen (secondary N) is 2. The maximum Gasteiger partial charge on any atom is 0.275 e. The minimum atomic E-state index is -0.190. The van der Waals surface area contributed by atoms with Crippen LogP contribution in [-0.2, 0) is 0 Å². The van der Waals surface area contributed by atoms with Gasteiger partial charge in [-0.1, -0.05) is 18.2 Å². The lowest BCUT2D eigenvalue weighted by atomic mass is 10.0. The number of carbonyl (C=O) groups is 1. The molecule has 0 unspecified atom stereocenters. The summed E-state index contributed by atoms with van der Waals surface area (Å²) in [5.74, 6) is 0.830. The Balaban J connectivity index is 1.78. The zero-order chi connectivity index (χ0) is 15.4. The Bertz CT molecular complexity index is 635. The second-order valence-corrected chi connectivity index (χ2v) is 5.29. The average Bonchev–Trinajstić information content (AvgIpc) is 2.91. The van der Waals surface area contributed by atoms with Crippen LogP contribution in [-0.4, -0.2) is 41.9 Å². The lowest BCUT2D eigenvalue weighted by molar-refractivity contribution is 0.0933. The summed E-state index contributed by atoms with van der Waals surface area (Å²) in [6, 6.07) is 9.67. The molecule has 3 rings (SSSR count). The van der Waals surface area contributed by atoms with Gasteiger partial charge in [-0.2, -0.15) is 5.10 Å². The number of benzene rings is 1. The summed E-state index contributed by atoms with van der Waals surface area (Å²) in [6.07, 6.45) is 1.75. The monoisotopic (exact) mass is 300 g/mol. The molecule has 0 radical (unpaired) electrons. The van der Waals surface area contributed by atoms with E-state index >= 15 is 0 Å². The van der Waals surface area contributed by atoms with Gasteiger partial charge < -0.3 is 15.4 Å². The number of amides is 1. The maximum absolute atomic E-state index is 12.3. The van der Waals surface area contributed by atoms with E-state index in [1.165, 1.54) is 0 Å².